The number of hydrogen-bond acceptors (Lipinski definition) is 4. The van der Waals surface area contributed by atoms with E-state index in [0.717, 1.165) is 39.4 Å². The van der Waals surface area contributed by atoms with E-state index in [0.29, 0.717) is 5.96 Å². The molecule has 0 saturated carbocycles. The number of nitrogens with zero attached hydrogens (tertiary/aromatic N) is 3. The summed E-state index contributed by atoms with van der Waals surface area (Å²) in [7, 11) is 3.48. The molecule has 0 spiro atoms. The van der Waals surface area contributed by atoms with E-state index in [-0.39, 0.29) is 42.5 Å². The molecule has 8 heteroatoms. The van der Waals surface area contributed by atoms with Gasteiger partial charge in [-0.2, -0.15) is 0 Å². The molecule has 2 rings (SSSR count). The van der Waals surface area contributed by atoms with E-state index in [1.165, 1.54) is 5.56 Å². The summed E-state index contributed by atoms with van der Waals surface area (Å²) in [6.45, 7) is 7.41. The molecule has 0 aromatic heterocycles. The number of guanidine groups is 1. The minimum absolute atomic E-state index is 0. The zero-order valence-electron chi connectivity index (χ0n) is 16.5. The molecule has 1 saturated heterocycles. The fraction of sp³-hybridized carbons (Fsp3) is 0.579. The van der Waals surface area contributed by atoms with Crippen LogP contribution in [0.4, 0.5) is 0 Å². The van der Waals surface area contributed by atoms with Gasteiger partial charge in [0, 0.05) is 40.3 Å². The van der Waals surface area contributed by atoms with Crippen molar-refractivity contribution in [3.8, 4) is 0 Å². The average molecular weight is 489 g/mol. The van der Waals surface area contributed by atoms with Gasteiger partial charge in [-0.3, -0.25) is 9.69 Å². The molecule has 1 aromatic rings. The number of likely N-dealkylation sites (N-methyl/N-ethyl adjacent to an activating group) is 1. The van der Waals surface area contributed by atoms with E-state index in [1.54, 1.807) is 19.0 Å². The van der Waals surface area contributed by atoms with Crippen molar-refractivity contribution in [3.63, 3.8) is 0 Å². The van der Waals surface area contributed by atoms with Crippen LogP contribution in [-0.2, 0) is 9.53 Å². The summed E-state index contributed by atoms with van der Waals surface area (Å²) in [6, 6.07) is 10.3. The van der Waals surface area contributed by atoms with Gasteiger partial charge in [0.1, 0.15) is 6.54 Å². The Labute approximate surface area is 179 Å². The second kappa shape index (κ2) is 12.9. The number of carbonyl (C=O) groups is 1. The van der Waals surface area contributed by atoms with Crippen LogP contribution in [-0.4, -0.2) is 81.7 Å². The molecule has 0 radical (unpaired) electrons. The van der Waals surface area contributed by atoms with Gasteiger partial charge in [0.2, 0.25) is 5.91 Å². The molecule has 0 bridgehead atoms. The van der Waals surface area contributed by atoms with E-state index in [2.05, 4.69) is 39.6 Å². The van der Waals surface area contributed by atoms with Crippen molar-refractivity contribution in [2.75, 3.05) is 60.0 Å². The Morgan fingerprint density at radius 1 is 1.26 bits per heavy atom. The number of nitrogens with one attached hydrogen (secondary N) is 2. The molecule has 1 atom stereocenters. The molecular weight excluding hydrogens is 457 g/mol. The van der Waals surface area contributed by atoms with E-state index in [4.69, 9.17) is 4.74 Å². The van der Waals surface area contributed by atoms with Gasteiger partial charge in [-0.1, -0.05) is 30.3 Å². The molecule has 27 heavy (non-hydrogen) atoms. The smallest absolute Gasteiger partial charge is 0.243 e. The monoisotopic (exact) mass is 489 g/mol. The first-order valence-corrected chi connectivity index (χ1v) is 9.16. The maximum atomic E-state index is 11.9. The fourth-order valence-electron chi connectivity index (χ4n) is 2.63. The van der Waals surface area contributed by atoms with E-state index in [9.17, 15) is 4.79 Å². The van der Waals surface area contributed by atoms with Gasteiger partial charge in [-0.15, -0.1) is 24.0 Å². The number of amides is 1. The second-order valence-electron chi connectivity index (χ2n) is 6.61. The van der Waals surface area contributed by atoms with Crippen molar-refractivity contribution in [3.05, 3.63) is 35.9 Å². The highest BCUT2D eigenvalue weighted by atomic mass is 127. The maximum Gasteiger partial charge on any atom is 0.243 e. The maximum absolute atomic E-state index is 11.9. The molecule has 7 nitrogen and oxygen atoms in total. The zero-order chi connectivity index (χ0) is 18.8. The predicted octanol–water partition coefficient (Wildman–Crippen LogP) is 1.32. The third kappa shape index (κ3) is 8.89. The Morgan fingerprint density at radius 3 is 2.56 bits per heavy atom. The standard InChI is InChI=1S/C19H31N5O2.HI/c1-16(17-7-5-4-6-8-17)22-19(21-15-18(25)23(2)3)20-9-10-24-11-13-26-14-12-24;/h4-8,16H,9-15H2,1-3H3,(H2,20,21,22);1H. The molecule has 2 N–H and O–H groups in total. The Morgan fingerprint density at radius 2 is 1.93 bits per heavy atom. The van der Waals surface area contributed by atoms with E-state index in [1.807, 2.05) is 18.2 Å². The zero-order valence-corrected chi connectivity index (χ0v) is 18.8. The first-order valence-electron chi connectivity index (χ1n) is 9.16. The number of rotatable bonds is 7. The number of hydrogen-bond donors (Lipinski definition) is 2. The third-order valence-corrected chi connectivity index (χ3v) is 4.35. The molecule has 1 fully saturated rings. The molecule has 152 valence electrons. The van der Waals surface area contributed by atoms with Crippen molar-refractivity contribution in [1.29, 1.82) is 0 Å². The molecule has 1 unspecified atom stereocenters. The highest BCUT2D eigenvalue weighted by Crippen LogP contribution is 2.10. The summed E-state index contributed by atoms with van der Waals surface area (Å²) < 4.78 is 5.38. The number of benzene rings is 1. The van der Waals surface area contributed by atoms with Crippen LogP contribution in [0.1, 0.15) is 18.5 Å². The van der Waals surface area contributed by atoms with Gasteiger partial charge in [0.05, 0.1) is 19.3 Å². The van der Waals surface area contributed by atoms with Crippen molar-refractivity contribution >= 4 is 35.8 Å². The Hall–Kier alpha value is -1.39. The Bertz CT molecular complexity index is 577. The van der Waals surface area contributed by atoms with Gasteiger partial charge in [0.25, 0.3) is 0 Å². The SMILES string of the molecule is CC(NC(=NCC(=O)N(C)C)NCCN1CCOCC1)c1ccccc1.I. The van der Waals surface area contributed by atoms with Gasteiger partial charge in [0.15, 0.2) is 5.96 Å². The summed E-state index contributed by atoms with van der Waals surface area (Å²) in [5, 5.41) is 6.74. The lowest BCUT2D eigenvalue weighted by Crippen LogP contribution is -2.45. The van der Waals surface area contributed by atoms with Gasteiger partial charge >= 0.3 is 0 Å². The second-order valence-corrected chi connectivity index (χ2v) is 6.61. The first-order chi connectivity index (χ1) is 12.6. The minimum atomic E-state index is -0.0216. The Balaban J connectivity index is 0.00000364. The largest absolute Gasteiger partial charge is 0.379 e. The van der Waals surface area contributed by atoms with Crippen LogP contribution in [0.25, 0.3) is 0 Å². The Kier molecular flexibility index (Phi) is 11.3. The van der Waals surface area contributed by atoms with Crippen LogP contribution in [0.3, 0.4) is 0 Å². The highest BCUT2D eigenvalue weighted by Gasteiger charge is 2.12. The van der Waals surface area contributed by atoms with Crippen LogP contribution in [0, 0.1) is 0 Å². The molecule has 1 aliphatic heterocycles. The lowest BCUT2D eigenvalue weighted by atomic mass is 10.1. The predicted molar refractivity (Wildman–Crippen MR) is 120 cm³/mol. The topological polar surface area (TPSA) is 69.2 Å². The molecule has 1 heterocycles. The van der Waals surface area contributed by atoms with Gasteiger partial charge < -0.3 is 20.3 Å². The van der Waals surface area contributed by atoms with Crippen LogP contribution < -0.4 is 10.6 Å². The fourth-order valence-corrected chi connectivity index (χ4v) is 2.63. The van der Waals surface area contributed by atoms with Crippen LogP contribution in [0.2, 0.25) is 0 Å². The normalized spacial score (nSPS) is 16.2. The summed E-state index contributed by atoms with van der Waals surface area (Å²) in [5.41, 5.74) is 1.18. The molecule has 1 aromatic carbocycles. The number of aliphatic imine (C=N–C) groups is 1. The van der Waals surface area contributed by atoms with Crippen molar-refractivity contribution in [2.24, 2.45) is 4.99 Å². The summed E-state index contributed by atoms with van der Waals surface area (Å²) in [5.74, 6) is 0.636. The third-order valence-electron chi connectivity index (χ3n) is 4.35. The number of ether oxygens (including phenoxy) is 1. The summed E-state index contributed by atoms with van der Waals surface area (Å²) in [4.78, 5) is 20.2. The van der Waals surface area contributed by atoms with Crippen molar-refractivity contribution in [1.82, 2.24) is 20.4 Å². The lowest BCUT2D eigenvalue weighted by molar-refractivity contribution is -0.127. The highest BCUT2D eigenvalue weighted by molar-refractivity contribution is 14.0. The molecule has 1 amide bonds. The van der Waals surface area contributed by atoms with E-state index >= 15 is 0 Å². The van der Waals surface area contributed by atoms with Crippen LogP contribution >= 0.6 is 24.0 Å². The molecular formula is C19H32IN5O2. The lowest BCUT2D eigenvalue weighted by Gasteiger charge is -2.27. The van der Waals surface area contributed by atoms with Gasteiger partial charge in [-0.05, 0) is 12.5 Å². The van der Waals surface area contributed by atoms with Crippen molar-refractivity contribution in [2.45, 2.75) is 13.0 Å². The summed E-state index contributed by atoms with van der Waals surface area (Å²) in [6.07, 6.45) is 0. The quantitative estimate of drug-likeness (QED) is 0.344. The molecule has 1 aliphatic rings. The summed E-state index contributed by atoms with van der Waals surface area (Å²) >= 11 is 0. The van der Waals surface area contributed by atoms with Crippen molar-refractivity contribution < 1.29 is 9.53 Å². The van der Waals surface area contributed by atoms with Gasteiger partial charge in [-0.25, -0.2) is 4.99 Å². The minimum Gasteiger partial charge on any atom is -0.379 e. The van der Waals surface area contributed by atoms with Crippen LogP contribution in [0.15, 0.2) is 35.3 Å². The average Bonchev–Trinajstić information content (AvgIpc) is 2.67. The number of halogens is 1. The van der Waals surface area contributed by atoms with E-state index < -0.39 is 0 Å². The van der Waals surface area contributed by atoms with Crippen LogP contribution in [0.5, 0.6) is 0 Å². The number of carbonyl (C=O) groups excluding carboxylic acids is 1. The first kappa shape index (κ1) is 23.6. The molecule has 0 aliphatic carbocycles. The number of morpholine rings is 1.